The molecule has 0 aliphatic rings. The molecule has 0 fully saturated rings. The van der Waals surface area contributed by atoms with Crippen LogP contribution >= 0.6 is 11.8 Å². The van der Waals surface area contributed by atoms with Crippen molar-refractivity contribution in [1.82, 2.24) is 14.8 Å². The van der Waals surface area contributed by atoms with Gasteiger partial charge in [-0.3, -0.25) is 14.7 Å². The van der Waals surface area contributed by atoms with Crippen LogP contribution in [0.25, 0.3) is 16.8 Å². The molecule has 1 aromatic heterocycles. The maximum absolute atomic E-state index is 13.6. The van der Waals surface area contributed by atoms with E-state index in [0.717, 1.165) is 16.7 Å². The number of rotatable bonds is 9. The molecule has 0 spiro atoms. The maximum atomic E-state index is 13.6. The number of hydrogen-bond donors (Lipinski definition) is 0. The first kappa shape index (κ1) is 24.2. The van der Waals surface area contributed by atoms with Crippen molar-refractivity contribution in [3.63, 3.8) is 0 Å². The van der Waals surface area contributed by atoms with Gasteiger partial charge in [-0.15, -0.1) is 10.2 Å². The van der Waals surface area contributed by atoms with Gasteiger partial charge >= 0.3 is 0 Å². The van der Waals surface area contributed by atoms with Crippen LogP contribution in [0.2, 0.25) is 0 Å². The Hall–Kier alpha value is -4.50. The number of aromatic nitrogens is 3. The average molecular weight is 513 g/mol. The van der Waals surface area contributed by atoms with Gasteiger partial charge in [0, 0.05) is 23.6 Å². The van der Waals surface area contributed by atoms with Crippen LogP contribution in [0.5, 0.6) is 5.75 Å². The summed E-state index contributed by atoms with van der Waals surface area (Å²) in [5, 5.41) is 20.2. The summed E-state index contributed by atoms with van der Waals surface area (Å²) < 4.78 is 21.4. The standard InChI is InChI=1S/C28H21FN4O3S/c29-23-10-14-24(15-11-23)32-27(18-36-26-16-8-22(9-17-26)21-4-2-1-3-5-21)30-31-28(32)37-19-20-6-12-25(13-7-20)33(34)35/h1-17H,18-19H2. The number of non-ortho nitro benzene ring substituents is 1. The summed E-state index contributed by atoms with van der Waals surface area (Å²) in [6, 6.07) is 30.4. The van der Waals surface area contributed by atoms with E-state index in [9.17, 15) is 14.5 Å². The summed E-state index contributed by atoms with van der Waals surface area (Å²) in [5.41, 5.74) is 3.86. The molecule has 0 unspecified atom stereocenters. The predicted molar refractivity (Wildman–Crippen MR) is 140 cm³/mol. The van der Waals surface area contributed by atoms with Crippen LogP contribution < -0.4 is 4.74 Å². The van der Waals surface area contributed by atoms with E-state index in [1.54, 1.807) is 24.3 Å². The summed E-state index contributed by atoms with van der Waals surface area (Å²) in [7, 11) is 0. The fraction of sp³-hybridized carbons (Fsp3) is 0.0714. The lowest BCUT2D eigenvalue weighted by molar-refractivity contribution is -0.384. The molecule has 0 atom stereocenters. The molecule has 184 valence electrons. The molecule has 9 heteroatoms. The summed E-state index contributed by atoms with van der Waals surface area (Å²) >= 11 is 1.43. The molecular weight excluding hydrogens is 491 g/mol. The van der Waals surface area contributed by atoms with E-state index in [1.165, 1.54) is 36.0 Å². The first-order valence-corrected chi connectivity index (χ1v) is 12.4. The molecule has 1 heterocycles. The Labute approximate surface area is 216 Å². The summed E-state index contributed by atoms with van der Waals surface area (Å²) in [6.07, 6.45) is 0. The topological polar surface area (TPSA) is 83.1 Å². The van der Waals surface area contributed by atoms with Gasteiger partial charge in [0.25, 0.3) is 5.69 Å². The van der Waals surface area contributed by atoms with Gasteiger partial charge in [0.05, 0.1) is 4.92 Å². The highest BCUT2D eigenvalue weighted by Crippen LogP contribution is 2.27. The van der Waals surface area contributed by atoms with Gasteiger partial charge in [-0.2, -0.15) is 0 Å². The van der Waals surface area contributed by atoms with Crippen molar-refractivity contribution in [3.05, 3.63) is 130 Å². The van der Waals surface area contributed by atoms with Gasteiger partial charge < -0.3 is 4.74 Å². The van der Waals surface area contributed by atoms with Crippen molar-refractivity contribution >= 4 is 17.4 Å². The lowest BCUT2D eigenvalue weighted by atomic mass is 10.1. The Morgan fingerprint density at radius 3 is 2.19 bits per heavy atom. The third kappa shape index (κ3) is 5.84. The highest BCUT2D eigenvalue weighted by molar-refractivity contribution is 7.98. The van der Waals surface area contributed by atoms with Crippen LogP contribution in [0.1, 0.15) is 11.4 Å². The van der Waals surface area contributed by atoms with Gasteiger partial charge in [0.2, 0.25) is 0 Å². The molecule has 0 N–H and O–H groups in total. The number of halogens is 1. The molecule has 0 saturated heterocycles. The molecule has 0 amide bonds. The zero-order valence-electron chi connectivity index (χ0n) is 19.5. The van der Waals surface area contributed by atoms with Crippen molar-refractivity contribution in [2.45, 2.75) is 17.5 Å². The molecule has 0 saturated carbocycles. The number of nitro benzene ring substituents is 1. The lowest BCUT2D eigenvalue weighted by Crippen LogP contribution is -2.07. The van der Waals surface area contributed by atoms with Crippen molar-refractivity contribution in [2.75, 3.05) is 0 Å². The second-order valence-electron chi connectivity index (χ2n) is 8.10. The van der Waals surface area contributed by atoms with E-state index in [0.29, 0.717) is 28.2 Å². The molecule has 4 aromatic carbocycles. The van der Waals surface area contributed by atoms with Crippen LogP contribution in [0.3, 0.4) is 0 Å². The molecule has 37 heavy (non-hydrogen) atoms. The van der Waals surface area contributed by atoms with Crippen LogP contribution in [-0.4, -0.2) is 19.7 Å². The van der Waals surface area contributed by atoms with Crippen molar-refractivity contribution in [1.29, 1.82) is 0 Å². The van der Waals surface area contributed by atoms with Gasteiger partial charge in [-0.05, 0) is 53.1 Å². The minimum Gasteiger partial charge on any atom is -0.486 e. The third-order valence-corrected chi connectivity index (χ3v) is 6.63. The number of thioether (sulfide) groups is 1. The minimum atomic E-state index is -0.427. The summed E-state index contributed by atoms with van der Waals surface area (Å²) in [6.45, 7) is 0.160. The third-order valence-electron chi connectivity index (χ3n) is 5.63. The lowest BCUT2D eigenvalue weighted by Gasteiger charge is -2.12. The largest absolute Gasteiger partial charge is 0.486 e. The van der Waals surface area contributed by atoms with E-state index in [4.69, 9.17) is 4.74 Å². The van der Waals surface area contributed by atoms with Gasteiger partial charge in [0.15, 0.2) is 11.0 Å². The summed E-state index contributed by atoms with van der Waals surface area (Å²) in [5.74, 6) is 1.44. The highest BCUT2D eigenvalue weighted by atomic mass is 32.2. The van der Waals surface area contributed by atoms with Gasteiger partial charge in [-0.1, -0.05) is 66.4 Å². The molecule has 0 radical (unpaired) electrons. The van der Waals surface area contributed by atoms with Crippen LogP contribution in [0.4, 0.5) is 10.1 Å². The van der Waals surface area contributed by atoms with Gasteiger partial charge in [0.1, 0.15) is 18.2 Å². The zero-order valence-corrected chi connectivity index (χ0v) is 20.3. The zero-order chi connectivity index (χ0) is 25.6. The van der Waals surface area contributed by atoms with Gasteiger partial charge in [-0.25, -0.2) is 4.39 Å². The van der Waals surface area contributed by atoms with E-state index in [2.05, 4.69) is 22.3 Å². The molecule has 7 nitrogen and oxygen atoms in total. The molecule has 0 aliphatic carbocycles. The molecule has 5 rings (SSSR count). The predicted octanol–water partition coefficient (Wildman–Crippen LogP) is 6.85. The van der Waals surface area contributed by atoms with Crippen LogP contribution in [0.15, 0.2) is 108 Å². The second-order valence-corrected chi connectivity index (χ2v) is 9.04. The Morgan fingerprint density at radius 1 is 0.838 bits per heavy atom. The minimum absolute atomic E-state index is 0.0412. The average Bonchev–Trinajstić information content (AvgIpc) is 3.35. The Balaban J connectivity index is 1.34. The number of hydrogen-bond acceptors (Lipinski definition) is 6. The van der Waals surface area contributed by atoms with Crippen molar-refractivity contribution < 1.29 is 14.1 Å². The second kappa shape index (κ2) is 11.0. The van der Waals surface area contributed by atoms with Crippen molar-refractivity contribution in [3.8, 4) is 22.6 Å². The SMILES string of the molecule is O=[N+]([O-])c1ccc(CSc2nnc(COc3ccc(-c4ccccc4)cc3)n2-c2ccc(F)cc2)cc1. The molecular formula is C28H21FN4O3S. The number of benzene rings is 4. The first-order chi connectivity index (χ1) is 18.1. The Bertz CT molecular complexity index is 1490. The fourth-order valence-electron chi connectivity index (χ4n) is 3.72. The van der Waals surface area contributed by atoms with E-state index < -0.39 is 4.92 Å². The van der Waals surface area contributed by atoms with E-state index in [1.807, 2.05) is 47.0 Å². The molecule has 0 aliphatic heterocycles. The maximum Gasteiger partial charge on any atom is 0.269 e. The normalized spacial score (nSPS) is 10.8. The number of nitro groups is 1. The highest BCUT2D eigenvalue weighted by Gasteiger charge is 2.16. The summed E-state index contributed by atoms with van der Waals surface area (Å²) in [4.78, 5) is 10.5. The number of nitrogens with zero attached hydrogens (tertiary/aromatic N) is 4. The Kier molecular flexibility index (Phi) is 7.23. The Morgan fingerprint density at radius 2 is 1.51 bits per heavy atom. The first-order valence-electron chi connectivity index (χ1n) is 11.4. The van der Waals surface area contributed by atoms with Crippen LogP contribution in [-0.2, 0) is 12.4 Å². The quantitative estimate of drug-likeness (QED) is 0.122. The van der Waals surface area contributed by atoms with E-state index in [-0.39, 0.29) is 18.1 Å². The molecule has 0 bridgehead atoms. The smallest absolute Gasteiger partial charge is 0.269 e. The van der Waals surface area contributed by atoms with Crippen LogP contribution in [0, 0.1) is 15.9 Å². The number of ether oxygens (including phenoxy) is 1. The molecule has 5 aromatic rings. The monoisotopic (exact) mass is 512 g/mol. The van der Waals surface area contributed by atoms with Crippen molar-refractivity contribution in [2.24, 2.45) is 0 Å². The fourth-order valence-corrected chi connectivity index (χ4v) is 4.65. The van der Waals surface area contributed by atoms with E-state index >= 15 is 0 Å².